The first-order chi connectivity index (χ1) is 9.72. The lowest BCUT2D eigenvalue weighted by atomic mass is 9.96. The van der Waals surface area contributed by atoms with Gasteiger partial charge in [-0.25, -0.2) is 0 Å². The fourth-order valence-corrected chi connectivity index (χ4v) is 2.71. The summed E-state index contributed by atoms with van der Waals surface area (Å²) in [6, 6.07) is 16.2. The molecule has 0 aliphatic heterocycles. The third-order valence-corrected chi connectivity index (χ3v) is 3.74. The summed E-state index contributed by atoms with van der Waals surface area (Å²) in [5.74, 6) is 0.188. The van der Waals surface area contributed by atoms with E-state index < -0.39 is 0 Å². The Morgan fingerprint density at radius 1 is 1.00 bits per heavy atom. The Labute approximate surface area is 118 Å². The Balaban J connectivity index is 2.29. The Morgan fingerprint density at radius 2 is 1.70 bits per heavy atom. The van der Waals surface area contributed by atoms with Crippen LogP contribution in [-0.2, 0) is 7.05 Å². The molecule has 0 radical (unpaired) electrons. The fourth-order valence-electron chi connectivity index (χ4n) is 2.71. The van der Waals surface area contributed by atoms with Crippen molar-refractivity contribution in [2.45, 2.75) is 13.3 Å². The molecule has 2 heteroatoms. The number of hydrogen-bond donors (Lipinski definition) is 0. The molecule has 0 saturated carbocycles. The lowest BCUT2D eigenvalue weighted by Crippen LogP contribution is -1.99. The molecule has 1 heterocycles. The average molecular weight is 263 g/mol. The van der Waals surface area contributed by atoms with Crippen molar-refractivity contribution in [3.63, 3.8) is 0 Å². The number of aromatic nitrogens is 1. The smallest absolute Gasteiger partial charge is 0.163 e. The number of Topliss-reactive ketones (excluding diaryl/α,β-unsaturated/α-hetero) is 1. The van der Waals surface area contributed by atoms with Gasteiger partial charge in [0.25, 0.3) is 0 Å². The minimum absolute atomic E-state index is 0.188. The Kier molecular flexibility index (Phi) is 3.15. The number of fused-ring (bicyclic) bond motifs is 1. The second-order valence-corrected chi connectivity index (χ2v) is 4.99. The lowest BCUT2D eigenvalue weighted by molar-refractivity contribution is 0.0989. The molecular formula is C18H17NO. The highest BCUT2D eigenvalue weighted by molar-refractivity contribution is 6.06. The summed E-state index contributed by atoms with van der Waals surface area (Å²) in [7, 11) is 2.04. The van der Waals surface area contributed by atoms with Crippen molar-refractivity contribution < 1.29 is 4.79 Å². The minimum Gasteiger partial charge on any atom is -0.350 e. The van der Waals surface area contributed by atoms with Crippen LogP contribution in [0.2, 0.25) is 0 Å². The lowest BCUT2D eigenvalue weighted by Gasteiger charge is -2.06. The van der Waals surface area contributed by atoms with Crippen LogP contribution in [0.3, 0.4) is 0 Å². The monoisotopic (exact) mass is 263 g/mol. The summed E-state index contributed by atoms with van der Waals surface area (Å²) in [5.41, 5.74) is 4.14. The van der Waals surface area contributed by atoms with Gasteiger partial charge in [0.15, 0.2) is 5.78 Å². The van der Waals surface area contributed by atoms with Crippen molar-refractivity contribution in [2.75, 3.05) is 0 Å². The van der Waals surface area contributed by atoms with Crippen molar-refractivity contribution in [1.29, 1.82) is 0 Å². The third kappa shape index (κ3) is 1.94. The van der Waals surface area contributed by atoms with Gasteiger partial charge in [0.1, 0.15) is 0 Å². The number of nitrogens with zero attached hydrogens (tertiary/aromatic N) is 1. The Morgan fingerprint density at radius 3 is 2.50 bits per heavy atom. The van der Waals surface area contributed by atoms with E-state index in [2.05, 4.69) is 22.9 Å². The second-order valence-electron chi connectivity index (χ2n) is 4.99. The van der Waals surface area contributed by atoms with Gasteiger partial charge in [-0.2, -0.15) is 0 Å². The maximum Gasteiger partial charge on any atom is 0.163 e. The molecule has 3 rings (SSSR count). The molecule has 0 N–H and O–H groups in total. The number of carbonyl (C=O) groups is 1. The number of ketones is 1. The molecular weight excluding hydrogens is 246 g/mol. The molecule has 20 heavy (non-hydrogen) atoms. The van der Waals surface area contributed by atoms with Crippen molar-refractivity contribution in [1.82, 2.24) is 4.57 Å². The number of hydrogen-bond acceptors (Lipinski definition) is 1. The molecule has 0 unspecified atom stereocenters. The summed E-state index contributed by atoms with van der Waals surface area (Å²) in [5, 5.41) is 1.19. The van der Waals surface area contributed by atoms with E-state index in [-0.39, 0.29) is 5.78 Å². The predicted molar refractivity (Wildman–Crippen MR) is 83.0 cm³/mol. The van der Waals surface area contributed by atoms with Crippen LogP contribution in [0.25, 0.3) is 22.0 Å². The number of benzene rings is 2. The number of rotatable bonds is 3. The number of carbonyl (C=O) groups excluding carboxylic acids is 1. The van der Waals surface area contributed by atoms with Gasteiger partial charge in [-0.3, -0.25) is 4.79 Å². The molecule has 1 aromatic heterocycles. The zero-order valence-electron chi connectivity index (χ0n) is 11.8. The minimum atomic E-state index is 0.188. The van der Waals surface area contributed by atoms with Crippen LogP contribution in [0.1, 0.15) is 23.7 Å². The molecule has 0 spiro atoms. The van der Waals surface area contributed by atoms with E-state index >= 15 is 0 Å². The summed E-state index contributed by atoms with van der Waals surface area (Å²) in [6.45, 7) is 1.90. The first-order valence-electron chi connectivity index (χ1n) is 6.89. The van der Waals surface area contributed by atoms with E-state index in [4.69, 9.17) is 0 Å². The quantitative estimate of drug-likeness (QED) is 0.640. The largest absolute Gasteiger partial charge is 0.350 e. The van der Waals surface area contributed by atoms with Crippen molar-refractivity contribution in [3.05, 3.63) is 60.3 Å². The molecule has 0 fully saturated rings. The predicted octanol–water partition coefficient (Wildman–Crippen LogP) is 4.44. The van der Waals surface area contributed by atoms with Gasteiger partial charge in [0.2, 0.25) is 0 Å². The zero-order chi connectivity index (χ0) is 14.1. The molecule has 100 valence electrons. The van der Waals surface area contributed by atoms with Crippen LogP contribution in [0, 0.1) is 0 Å². The van der Waals surface area contributed by atoms with Gasteiger partial charge in [-0.1, -0.05) is 49.4 Å². The molecule has 0 aliphatic rings. The van der Waals surface area contributed by atoms with Gasteiger partial charge < -0.3 is 4.57 Å². The summed E-state index contributed by atoms with van der Waals surface area (Å²) >= 11 is 0. The molecule has 0 saturated heterocycles. The van der Waals surface area contributed by atoms with Crippen LogP contribution in [-0.4, -0.2) is 10.4 Å². The highest BCUT2D eigenvalue weighted by Crippen LogP contribution is 2.32. The van der Waals surface area contributed by atoms with Gasteiger partial charge in [-0.05, 0) is 11.6 Å². The number of para-hydroxylation sites is 1. The first kappa shape index (κ1) is 12.7. The zero-order valence-corrected chi connectivity index (χ0v) is 11.8. The molecule has 0 amide bonds. The van der Waals surface area contributed by atoms with E-state index in [1.165, 1.54) is 10.9 Å². The SMILES string of the molecule is CCC(=O)c1ccccc1-c1cn(C)c2ccccc12. The van der Waals surface area contributed by atoms with Crippen LogP contribution in [0.5, 0.6) is 0 Å². The van der Waals surface area contributed by atoms with Gasteiger partial charge in [0.05, 0.1) is 0 Å². The van der Waals surface area contributed by atoms with Crippen molar-refractivity contribution in [2.24, 2.45) is 7.05 Å². The fraction of sp³-hybridized carbons (Fsp3) is 0.167. The molecule has 3 aromatic rings. The standard InChI is InChI=1S/C18H17NO/c1-3-18(20)15-10-5-4-8-13(15)16-12-19(2)17-11-7-6-9-14(16)17/h4-12H,3H2,1-2H3. The van der Waals surface area contributed by atoms with Crippen LogP contribution >= 0.6 is 0 Å². The third-order valence-electron chi connectivity index (χ3n) is 3.74. The molecule has 2 aromatic carbocycles. The van der Waals surface area contributed by atoms with Crippen LogP contribution < -0.4 is 0 Å². The number of aryl methyl sites for hydroxylation is 1. The first-order valence-corrected chi connectivity index (χ1v) is 6.89. The highest BCUT2D eigenvalue weighted by atomic mass is 16.1. The summed E-state index contributed by atoms with van der Waals surface area (Å²) < 4.78 is 2.11. The highest BCUT2D eigenvalue weighted by Gasteiger charge is 2.14. The second kappa shape index (κ2) is 4.97. The van der Waals surface area contributed by atoms with Crippen molar-refractivity contribution >= 4 is 16.7 Å². The van der Waals surface area contributed by atoms with Crippen LogP contribution in [0.15, 0.2) is 54.7 Å². The van der Waals surface area contributed by atoms with Gasteiger partial charge in [0, 0.05) is 41.7 Å². The average Bonchev–Trinajstić information content (AvgIpc) is 2.84. The van der Waals surface area contributed by atoms with Crippen molar-refractivity contribution in [3.8, 4) is 11.1 Å². The summed E-state index contributed by atoms with van der Waals surface area (Å²) in [6.07, 6.45) is 2.63. The van der Waals surface area contributed by atoms with E-state index in [0.717, 1.165) is 16.7 Å². The molecule has 0 aliphatic carbocycles. The molecule has 0 atom stereocenters. The van der Waals surface area contributed by atoms with E-state index in [1.807, 2.05) is 50.4 Å². The normalized spacial score (nSPS) is 10.9. The maximum absolute atomic E-state index is 12.1. The van der Waals surface area contributed by atoms with Gasteiger partial charge >= 0.3 is 0 Å². The Hall–Kier alpha value is -2.35. The molecule has 0 bridgehead atoms. The van der Waals surface area contributed by atoms with Crippen LogP contribution in [0.4, 0.5) is 0 Å². The van der Waals surface area contributed by atoms with Gasteiger partial charge in [-0.15, -0.1) is 0 Å². The van der Waals surface area contributed by atoms with E-state index in [0.29, 0.717) is 6.42 Å². The van der Waals surface area contributed by atoms with E-state index in [1.54, 1.807) is 0 Å². The topological polar surface area (TPSA) is 22.0 Å². The molecule has 2 nitrogen and oxygen atoms in total. The maximum atomic E-state index is 12.1. The Bertz CT molecular complexity index is 783. The summed E-state index contributed by atoms with van der Waals surface area (Å²) in [4.78, 5) is 12.1. The van der Waals surface area contributed by atoms with E-state index in [9.17, 15) is 4.79 Å².